The first kappa shape index (κ1) is 49.8. The molecule has 2 aliphatic heterocycles. The Morgan fingerprint density at radius 2 is 1.78 bits per heavy atom. The molecule has 0 radical (unpaired) electrons. The van der Waals surface area contributed by atoms with E-state index in [0.717, 1.165) is 106 Å². The molecular formula is C51H78N5O8+. The van der Waals surface area contributed by atoms with Crippen molar-refractivity contribution in [2.24, 2.45) is 28.5 Å². The topological polar surface area (TPSA) is 233 Å². The lowest BCUT2D eigenvalue weighted by Crippen LogP contribution is -2.46. The fourth-order valence-corrected chi connectivity index (χ4v) is 10.5. The molecule has 0 saturated heterocycles. The summed E-state index contributed by atoms with van der Waals surface area (Å²) in [6, 6.07) is 9.28. The van der Waals surface area contributed by atoms with Crippen LogP contribution in [-0.2, 0) is 12.8 Å². The highest BCUT2D eigenvalue weighted by Crippen LogP contribution is 2.50. The first-order valence-corrected chi connectivity index (χ1v) is 24.3. The summed E-state index contributed by atoms with van der Waals surface area (Å²) in [5.74, 6) is 3.28. The number of allylic oxidation sites excluding steroid dienone is 1. The van der Waals surface area contributed by atoms with Crippen molar-refractivity contribution in [3.05, 3.63) is 83.1 Å². The molecule has 1 aromatic carbocycles. The third kappa shape index (κ3) is 14.7. The van der Waals surface area contributed by atoms with E-state index in [1.165, 1.54) is 18.8 Å². The molecule has 2 aromatic rings. The number of aromatic nitrogens is 1. The lowest BCUT2D eigenvalue weighted by Gasteiger charge is -2.33. The first-order chi connectivity index (χ1) is 31.0. The number of unbranched alkanes of at least 4 members (excludes halogenated alkanes) is 3. The van der Waals surface area contributed by atoms with Gasteiger partial charge in [0, 0.05) is 50.9 Å². The summed E-state index contributed by atoms with van der Waals surface area (Å²) in [7, 11) is 0. The number of benzene rings is 1. The first-order valence-electron chi connectivity index (χ1n) is 24.3. The van der Waals surface area contributed by atoms with Crippen molar-refractivity contribution >= 4 is 11.5 Å². The molecule has 354 valence electrons. The number of phenolic OH excluding ortho intramolecular Hbond substituents is 1. The number of aliphatic imine (C=N–C) groups is 1. The molecule has 0 bridgehead atoms. The van der Waals surface area contributed by atoms with Gasteiger partial charge in [-0.15, -0.1) is 16.6 Å². The van der Waals surface area contributed by atoms with Crippen molar-refractivity contribution in [3.63, 3.8) is 0 Å². The van der Waals surface area contributed by atoms with Gasteiger partial charge in [0.1, 0.15) is 36.2 Å². The molecule has 2 aliphatic carbocycles. The molecule has 2 fully saturated rings. The van der Waals surface area contributed by atoms with Crippen LogP contribution in [0, 0.1) is 29.8 Å². The Bertz CT molecular complexity index is 1820. The van der Waals surface area contributed by atoms with Gasteiger partial charge in [-0.2, -0.15) is 0 Å². The number of aryl methyl sites for hydroxylation is 2. The van der Waals surface area contributed by atoms with Crippen molar-refractivity contribution in [2.75, 3.05) is 32.1 Å². The largest absolute Gasteiger partial charge is 0.504 e. The molecule has 9 unspecified atom stereocenters. The number of hydrogen-bond donors (Lipinski definition) is 9. The van der Waals surface area contributed by atoms with Gasteiger partial charge in [0.05, 0.1) is 24.2 Å². The maximum Gasteiger partial charge on any atom is 0.208 e. The Hall–Kier alpha value is -3.66. The average Bonchev–Trinajstić information content (AvgIpc) is 4.02. The number of pyridine rings is 1. The van der Waals surface area contributed by atoms with Gasteiger partial charge in [0.2, 0.25) is 5.70 Å². The van der Waals surface area contributed by atoms with Crippen molar-refractivity contribution < 1.29 is 40.1 Å². The van der Waals surface area contributed by atoms with E-state index >= 15 is 0 Å². The lowest BCUT2D eigenvalue weighted by molar-refractivity contribution is -0.0552. The minimum atomic E-state index is -0.985. The van der Waals surface area contributed by atoms with Crippen LogP contribution in [0.1, 0.15) is 127 Å². The zero-order chi connectivity index (χ0) is 45.4. The van der Waals surface area contributed by atoms with E-state index in [0.29, 0.717) is 67.7 Å². The van der Waals surface area contributed by atoms with Crippen LogP contribution in [0.4, 0.5) is 5.82 Å². The lowest BCUT2D eigenvalue weighted by atomic mass is 9.71. The molecule has 12 N–H and O–H groups in total. The minimum absolute atomic E-state index is 0.00539. The minimum Gasteiger partial charge on any atom is -0.504 e. The van der Waals surface area contributed by atoms with Crippen LogP contribution in [0.2, 0.25) is 0 Å². The Balaban J connectivity index is 0.912. The van der Waals surface area contributed by atoms with E-state index in [-0.39, 0.29) is 55.8 Å². The van der Waals surface area contributed by atoms with E-state index in [2.05, 4.69) is 16.4 Å². The van der Waals surface area contributed by atoms with Gasteiger partial charge in [0.15, 0.2) is 17.6 Å². The second-order valence-electron chi connectivity index (χ2n) is 19.0. The quantitative estimate of drug-likeness (QED) is 0.0286. The highest BCUT2D eigenvalue weighted by Gasteiger charge is 2.52. The van der Waals surface area contributed by atoms with Crippen molar-refractivity contribution in [1.29, 1.82) is 0 Å². The van der Waals surface area contributed by atoms with Crippen LogP contribution >= 0.6 is 0 Å². The fourth-order valence-electron chi connectivity index (χ4n) is 10.5. The smallest absolute Gasteiger partial charge is 0.208 e. The number of phenols is 1. The number of hydrogen-bond acceptors (Lipinski definition) is 12. The Morgan fingerprint density at radius 3 is 2.58 bits per heavy atom. The van der Waals surface area contributed by atoms with Crippen LogP contribution in [-0.4, -0.2) is 109 Å². The van der Waals surface area contributed by atoms with E-state index < -0.39 is 12.2 Å². The van der Waals surface area contributed by atoms with Gasteiger partial charge in [-0.25, -0.2) is 4.98 Å². The fraction of sp³-hybridized carbons (Fsp3) is 0.647. The molecule has 3 heterocycles. The summed E-state index contributed by atoms with van der Waals surface area (Å²) in [6.45, 7) is 2.32. The molecule has 13 nitrogen and oxygen atoms in total. The summed E-state index contributed by atoms with van der Waals surface area (Å²) < 4.78 is 11.0. The molecule has 13 heteroatoms. The van der Waals surface area contributed by atoms with Crippen LogP contribution in [0.5, 0.6) is 11.5 Å². The Labute approximate surface area is 381 Å². The molecule has 9 atom stereocenters. The maximum absolute atomic E-state index is 11.4. The number of nitrogens with one attached hydrogen (secondary N) is 1. The predicted molar refractivity (Wildman–Crippen MR) is 252 cm³/mol. The van der Waals surface area contributed by atoms with Gasteiger partial charge in [-0.3, -0.25) is 0 Å². The summed E-state index contributed by atoms with van der Waals surface area (Å²) >= 11 is 0. The normalized spacial score (nSPS) is 23.1. The highest BCUT2D eigenvalue weighted by molar-refractivity contribution is 6.03. The molecule has 2 saturated carbocycles. The van der Waals surface area contributed by atoms with E-state index in [1.54, 1.807) is 19.2 Å². The standard InChI is InChI=1S/C51H77N5O8/c1-33(59)30-55-44(11-7-25-57)51-41-10-6-8-36(41)16-21-43-42(51)29-45(56-43)47(62)32-63-49-26-34(15-22-46(49)61)14-20-40-28-37(31-58)48(64-40)12-5-3-2-4-9-38(52)17-19-39(60)18-13-35-23-24-54-50(53)27-35/h15,22-24,26-29,33,36,38-39,41,44,47-48,51,55,57-60,62,64H,2-14,16-21,25,30-32,52H2,1H3,(H2-,53,54,61)/p+1. The summed E-state index contributed by atoms with van der Waals surface area (Å²) in [4.78, 5) is 9.00. The predicted octanol–water partition coefficient (Wildman–Crippen LogP) is 5.70. The average molecular weight is 889 g/mol. The molecule has 4 aliphatic rings. The number of ether oxygens (including phenoxy) is 2. The molecule has 6 rings (SSSR count). The van der Waals surface area contributed by atoms with Crippen LogP contribution in [0.25, 0.3) is 0 Å². The number of nitrogens with zero attached hydrogens (tertiary/aromatic N) is 2. The molecule has 0 amide bonds. The maximum atomic E-state index is 11.4. The van der Waals surface area contributed by atoms with Crippen LogP contribution in [0.3, 0.4) is 0 Å². The number of fused-ring (bicyclic) bond motifs is 2. The molecule has 1 aromatic heterocycles. The molecular weight excluding hydrogens is 811 g/mol. The van der Waals surface area contributed by atoms with Gasteiger partial charge >= 0.3 is 0 Å². The Kier molecular flexibility index (Phi) is 19.7. The highest BCUT2D eigenvalue weighted by atomic mass is 16.5. The number of nitrogen functional groups attached to an aromatic ring is 1. The van der Waals surface area contributed by atoms with Crippen LogP contribution in [0.15, 0.2) is 64.9 Å². The number of nitrogens with two attached hydrogens (primary N) is 2. The molecule has 64 heavy (non-hydrogen) atoms. The summed E-state index contributed by atoms with van der Waals surface area (Å²) in [5.41, 5.74) is 16.8. The van der Waals surface area contributed by atoms with E-state index in [4.69, 9.17) is 25.9 Å². The van der Waals surface area contributed by atoms with Crippen molar-refractivity contribution in [2.45, 2.75) is 165 Å². The Morgan fingerprint density at radius 1 is 0.953 bits per heavy atom. The van der Waals surface area contributed by atoms with Gasteiger partial charge in [0.25, 0.3) is 0 Å². The monoisotopic (exact) mass is 889 g/mol. The molecule has 0 spiro atoms. The number of anilines is 1. The summed E-state index contributed by atoms with van der Waals surface area (Å²) in [5, 5.41) is 66.2. The second-order valence-corrected chi connectivity index (χ2v) is 19.0. The SMILES string of the molecule is CC(O)CNC(CCCO)C1[C+]2C=C(C(O)COc3cc(CC[C-]4C=C(CO)C(CCCCCCC(N)CCC(O)CCc5ccnc(N)c5)[OH+]4)ccc3O)N=C2CCC2CCCC21. The second kappa shape index (κ2) is 25.3. The summed E-state index contributed by atoms with van der Waals surface area (Å²) in [6.07, 6.45) is 22.3. The van der Waals surface area contributed by atoms with Gasteiger partial charge < -0.3 is 56.9 Å². The number of aliphatic hydroxyl groups excluding tert-OH is 5. The van der Waals surface area contributed by atoms with E-state index in [9.17, 15) is 30.6 Å². The van der Waals surface area contributed by atoms with E-state index in [1.807, 2.05) is 30.3 Å². The zero-order valence-electron chi connectivity index (χ0n) is 38.2. The van der Waals surface area contributed by atoms with Crippen molar-refractivity contribution in [1.82, 2.24) is 10.3 Å². The van der Waals surface area contributed by atoms with Gasteiger partial charge in [-0.1, -0.05) is 38.2 Å². The number of rotatable bonds is 28. The zero-order valence-corrected chi connectivity index (χ0v) is 38.2. The third-order valence-electron chi connectivity index (χ3n) is 14.0. The third-order valence-corrected chi connectivity index (χ3v) is 14.0. The number of aliphatic hydroxyl groups is 7. The number of aromatic hydroxyl groups is 1. The van der Waals surface area contributed by atoms with Crippen molar-refractivity contribution in [3.8, 4) is 11.5 Å². The van der Waals surface area contributed by atoms with Gasteiger partial charge in [-0.05, 0) is 131 Å². The van der Waals surface area contributed by atoms with Crippen LogP contribution < -0.4 is 21.5 Å².